The van der Waals surface area contributed by atoms with Crippen molar-refractivity contribution < 1.29 is 0 Å². The van der Waals surface area contributed by atoms with Crippen LogP contribution in [0.1, 0.15) is 45.1 Å². The first-order valence-electron chi connectivity index (χ1n) is 8.00. The van der Waals surface area contributed by atoms with Gasteiger partial charge in [-0.05, 0) is 30.0 Å². The van der Waals surface area contributed by atoms with Crippen LogP contribution in [0, 0.1) is 0 Å². The first-order chi connectivity index (χ1) is 10.6. The molecule has 0 atom stereocenters. The number of hydrogen-bond acceptors (Lipinski definition) is 4. The maximum Gasteiger partial charge on any atom is 0.135 e. The molecule has 0 aliphatic carbocycles. The Kier molecular flexibility index (Phi) is 5.75. The molecule has 118 valence electrons. The number of aromatic nitrogens is 2. The predicted molar refractivity (Wildman–Crippen MR) is 94.0 cm³/mol. The average molecular weight is 298 g/mol. The second kappa shape index (κ2) is 7.78. The van der Waals surface area contributed by atoms with Gasteiger partial charge in [-0.2, -0.15) is 0 Å². The van der Waals surface area contributed by atoms with Crippen LogP contribution in [0.25, 0.3) is 0 Å². The molecule has 0 saturated carbocycles. The summed E-state index contributed by atoms with van der Waals surface area (Å²) in [6, 6.07) is 10.5. The van der Waals surface area contributed by atoms with E-state index in [1.807, 2.05) is 6.07 Å². The Morgan fingerprint density at radius 1 is 1.14 bits per heavy atom. The number of nitrogens with one attached hydrogen (secondary N) is 1. The molecule has 4 heteroatoms. The van der Waals surface area contributed by atoms with E-state index in [4.69, 9.17) is 0 Å². The molecule has 2 aromatic rings. The van der Waals surface area contributed by atoms with Crippen molar-refractivity contribution in [3.8, 4) is 0 Å². The lowest BCUT2D eigenvalue weighted by atomic mass is 10.0. The van der Waals surface area contributed by atoms with Crippen molar-refractivity contribution in [3.05, 3.63) is 42.2 Å². The average Bonchev–Trinajstić information content (AvgIpc) is 2.53. The maximum atomic E-state index is 4.35. The lowest BCUT2D eigenvalue weighted by Crippen LogP contribution is -2.19. The van der Waals surface area contributed by atoms with Crippen molar-refractivity contribution in [2.24, 2.45) is 0 Å². The van der Waals surface area contributed by atoms with E-state index in [0.29, 0.717) is 5.92 Å². The summed E-state index contributed by atoms with van der Waals surface area (Å²) < 4.78 is 0. The van der Waals surface area contributed by atoms with Gasteiger partial charge >= 0.3 is 0 Å². The number of nitrogens with zero attached hydrogens (tertiary/aromatic N) is 3. The van der Waals surface area contributed by atoms with Gasteiger partial charge in [-0.1, -0.05) is 39.3 Å². The second-order valence-corrected chi connectivity index (χ2v) is 5.94. The van der Waals surface area contributed by atoms with Gasteiger partial charge < -0.3 is 10.2 Å². The molecule has 0 saturated heterocycles. The molecule has 0 aliphatic rings. The van der Waals surface area contributed by atoms with E-state index < -0.39 is 0 Å². The minimum atomic E-state index is 0.548. The number of benzene rings is 1. The Morgan fingerprint density at radius 2 is 1.86 bits per heavy atom. The Hall–Kier alpha value is -2.10. The molecule has 1 aromatic carbocycles. The van der Waals surface area contributed by atoms with E-state index >= 15 is 0 Å². The molecule has 0 radical (unpaired) electrons. The van der Waals surface area contributed by atoms with E-state index in [1.54, 1.807) is 6.33 Å². The zero-order valence-corrected chi connectivity index (χ0v) is 14.0. The summed E-state index contributed by atoms with van der Waals surface area (Å²) in [7, 11) is 2.07. The minimum absolute atomic E-state index is 0.548. The van der Waals surface area contributed by atoms with E-state index in [2.05, 4.69) is 72.3 Å². The molecule has 0 fully saturated rings. The van der Waals surface area contributed by atoms with Gasteiger partial charge in [0.2, 0.25) is 0 Å². The van der Waals surface area contributed by atoms with Crippen molar-refractivity contribution in [2.45, 2.75) is 39.5 Å². The molecule has 0 unspecified atom stereocenters. The molecule has 1 aromatic heterocycles. The summed E-state index contributed by atoms with van der Waals surface area (Å²) in [4.78, 5) is 10.8. The van der Waals surface area contributed by atoms with E-state index in [0.717, 1.165) is 23.9 Å². The van der Waals surface area contributed by atoms with Crippen molar-refractivity contribution in [1.29, 1.82) is 0 Å². The normalized spacial score (nSPS) is 10.8. The zero-order valence-electron chi connectivity index (χ0n) is 14.0. The number of unbranched alkanes of at least 4 members (excludes halogenated alkanes) is 1. The predicted octanol–water partition coefficient (Wildman–Crippen LogP) is 4.58. The monoisotopic (exact) mass is 298 g/mol. The summed E-state index contributed by atoms with van der Waals surface area (Å²) in [6.07, 6.45) is 3.96. The molecular weight excluding hydrogens is 272 g/mol. The van der Waals surface area contributed by atoms with Gasteiger partial charge in [0.1, 0.15) is 18.0 Å². The third kappa shape index (κ3) is 4.45. The fourth-order valence-electron chi connectivity index (χ4n) is 2.23. The highest BCUT2D eigenvalue weighted by atomic mass is 15.2. The Bertz CT molecular complexity index is 578. The smallest absolute Gasteiger partial charge is 0.135 e. The second-order valence-electron chi connectivity index (χ2n) is 5.94. The van der Waals surface area contributed by atoms with Crippen LogP contribution in [-0.2, 0) is 0 Å². The molecule has 0 amide bonds. The maximum absolute atomic E-state index is 4.35. The fraction of sp³-hybridized carbons (Fsp3) is 0.444. The highest BCUT2D eigenvalue weighted by Crippen LogP contribution is 2.21. The van der Waals surface area contributed by atoms with Gasteiger partial charge in [0.15, 0.2) is 0 Å². The summed E-state index contributed by atoms with van der Waals surface area (Å²) in [5.41, 5.74) is 2.39. The molecule has 1 N–H and O–H groups in total. The summed E-state index contributed by atoms with van der Waals surface area (Å²) in [5.74, 6) is 2.32. The topological polar surface area (TPSA) is 41.0 Å². The lowest BCUT2D eigenvalue weighted by Gasteiger charge is -2.18. The largest absolute Gasteiger partial charge is 0.360 e. The van der Waals surface area contributed by atoms with Crippen LogP contribution in [0.2, 0.25) is 0 Å². The lowest BCUT2D eigenvalue weighted by molar-refractivity contribution is 0.758. The van der Waals surface area contributed by atoms with Crippen LogP contribution in [0.3, 0.4) is 0 Å². The number of anilines is 3. The molecule has 1 heterocycles. The standard InChI is InChI=1S/C18H26N4/c1-5-6-11-22(4)18-12-17(19-13-20-18)21-16-9-7-15(8-10-16)14(2)3/h7-10,12-14H,5-6,11H2,1-4H3,(H,19,20,21). The molecule has 22 heavy (non-hydrogen) atoms. The highest BCUT2D eigenvalue weighted by molar-refractivity contribution is 5.59. The number of hydrogen-bond donors (Lipinski definition) is 1. The zero-order chi connectivity index (χ0) is 15.9. The minimum Gasteiger partial charge on any atom is -0.360 e. The van der Waals surface area contributed by atoms with E-state index in [9.17, 15) is 0 Å². The van der Waals surface area contributed by atoms with Crippen LogP contribution < -0.4 is 10.2 Å². The van der Waals surface area contributed by atoms with Crippen LogP contribution >= 0.6 is 0 Å². The van der Waals surface area contributed by atoms with Gasteiger partial charge in [0, 0.05) is 25.3 Å². The highest BCUT2D eigenvalue weighted by Gasteiger charge is 2.05. The first kappa shape index (κ1) is 16.3. The Labute approximate surface area is 133 Å². The van der Waals surface area contributed by atoms with Crippen molar-refractivity contribution in [2.75, 3.05) is 23.8 Å². The molecule has 0 spiro atoms. The molecule has 0 bridgehead atoms. The van der Waals surface area contributed by atoms with Gasteiger partial charge in [-0.15, -0.1) is 0 Å². The van der Waals surface area contributed by atoms with Crippen molar-refractivity contribution in [3.63, 3.8) is 0 Å². The SMILES string of the molecule is CCCCN(C)c1cc(Nc2ccc(C(C)C)cc2)ncn1. The quantitative estimate of drug-likeness (QED) is 0.812. The Morgan fingerprint density at radius 3 is 2.50 bits per heavy atom. The van der Waals surface area contributed by atoms with Crippen molar-refractivity contribution >= 4 is 17.3 Å². The van der Waals surface area contributed by atoms with Gasteiger partial charge in [0.25, 0.3) is 0 Å². The summed E-state index contributed by atoms with van der Waals surface area (Å²) >= 11 is 0. The van der Waals surface area contributed by atoms with Crippen LogP contribution in [0.15, 0.2) is 36.7 Å². The van der Waals surface area contributed by atoms with Crippen molar-refractivity contribution in [1.82, 2.24) is 9.97 Å². The fourth-order valence-corrected chi connectivity index (χ4v) is 2.23. The third-order valence-corrected chi connectivity index (χ3v) is 3.74. The van der Waals surface area contributed by atoms with Gasteiger partial charge in [-0.25, -0.2) is 9.97 Å². The summed E-state index contributed by atoms with van der Waals surface area (Å²) in [5, 5.41) is 3.34. The Balaban J connectivity index is 2.06. The van der Waals surface area contributed by atoms with Gasteiger partial charge in [-0.3, -0.25) is 0 Å². The van der Waals surface area contributed by atoms with Crippen LogP contribution in [-0.4, -0.2) is 23.6 Å². The first-order valence-corrected chi connectivity index (χ1v) is 8.00. The molecule has 2 rings (SSSR count). The van der Waals surface area contributed by atoms with Crippen LogP contribution in [0.4, 0.5) is 17.3 Å². The molecule has 4 nitrogen and oxygen atoms in total. The molecule has 0 aliphatic heterocycles. The summed E-state index contributed by atoms with van der Waals surface area (Å²) in [6.45, 7) is 7.61. The van der Waals surface area contributed by atoms with E-state index in [1.165, 1.54) is 18.4 Å². The number of rotatable bonds is 7. The van der Waals surface area contributed by atoms with E-state index in [-0.39, 0.29) is 0 Å². The van der Waals surface area contributed by atoms with Gasteiger partial charge in [0.05, 0.1) is 0 Å². The molecular formula is C18H26N4. The van der Waals surface area contributed by atoms with Crippen LogP contribution in [0.5, 0.6) is 0 Å². The third-order valence-electron chi connectivity index (χ3n) is 3.74.